The van der Waals surface area contributed by atoms with Gasteiger partial charge in [-0.2, -0.15) is 0 Å². The van der Waals surface area contributed by atoms with E-state index in [-0.39, 0.29) is 29.8 Å². The first-order chi connectivity index (χ1) is 10.2. The molecule has 110 valence electrons. The Kier molecular flexibility index (Phi) is 2.79. The Morgan fingerprint density at radius 3 is 2.90 bits per heavy atom. The lowest BCUT2D eigenvalue weighted by atomic mass is 10.1. The lowest BCUT2D eigenvalue weighted by Gasteiger charge is -2.17. The molecule has 0 radical (unpaired) electrons. The Balaban J connectivity index is 1.78. The van der Waals surface area contributed by atoms with Gasteiger partial charge in [-0.15, -0.1) is 10.2 Å². The number of aromatic nitrogens is 5. The van der Waals surface area contributed by atoms with Crippen molar-refractivity contribution in [3.05, 3.63) is 12.0 Å². The van der Waals surface area contributed by atoms with Crippen molar-refractivity contribution in [3.63, 3.8) is 0 Å². The normalized spacial score (nSPS) is 31.2. The molecule has 2 aliphatic rings. The first-order valence-corrected chi connectivity index (χ1v) is 7.15. The van der Waals surface area contributed by atoms with Gasteiger partial charge in [0, 0.05) is 12.2 Å². The highest BCUT2D eigenvalue weighted by Crippen LogP contribution is 2.39. The number of fused-ring (bicyclic) bond motifs is 2. The van der Waals surface area contributed by atoms with Gasteiger partial charge in [0.05, 0.1) is 12.0 Å². The topological polar surface area (TPSA) is 84.2 Å². The Hall–Kier alpha value is -1.87. The standard InChI is InChI=1S/C12H13N5O3S/c1-3-6-8-9(20-12(21)19-8)11(18-6)17-4-13-7-5(2)14-16-15-10(7)17/h4,6,8-9,11H,3H2,1-2H3/t6-,8-,9-,11-/m1/s1. The van der Waals surface area contributed by atoms with Crippen molar-refractivity contribution < 1.29 is 14.2 Å². The Labute approximate surface area is 125 Å². The van der Waals surface area contributed by atoms with Crippen LogP contribution in [0.3, 0.4) is 0 Å². The summed E-state index contributed by atoms with van der Waals surface area (Å²) in [6.45, 7) is 3.88. The van der Waals surface area contributed by atoms with Crippen molar-refractivity contribution in [1.29, 1.82) is 0 Å². The third-order valence-electron chi connectivity index (χ3n) is 3.87. The zero-order valence-electron chi connectivity index (χ0n) is 11.5. The summed E-state index contributed by atoms with van der Waals surface area (Å²) in [7, 11) is 0. The summed E-state index contributed by atoms with van der Waals surface area (Å²) in [5.41, 5.74) is 2.04. The molecule has 2 saturated heterocycles. The van der Waals surface area contributed by atoms with Gasteiger partial charge in [0.1, 0.15) is 11.6 Å². The molecule has 2 aromatic rings. The highest BCUT2D eigenvalue weighted by Gasteiger charge is 2.53. The van der Waals surface area contributed by atoms with Gasteiger partial charge in [-0.1, -0.05) is 6.92 Å². The molecule has 0 unspecified atom stereocenters. The summed E-state index contributed by atoms with van der Waals surface area (Å²) >= 11 is 5.01. The molecular formula is C12H13N5O3S. The van der Waals surface area contributed by atoms with Crippen LogP contribution in [0.5, 0.6) is 0 Å². The molecule has 9 heteroatoms. The highest BCUT2D eigenvalue weighted by atomic mass is 32.1. The average Bonchev–Trinajstić information content (AvgIpc) is 3.12. The lowest BCUT2D eigenvalue weighted by Crippen LogP contribution is -2.28. The maximum absolute atomic E-state index is 6.04. The number of hydrogen-bond acceptors (Lipinski definition) is 8. The number of nitrogens with zero attached hydrogens (tertiary/aromatic N) is 5. The summed E-state index contributed by atoms with van der Waals surface area (Å²) in [6, 6.07) is 0. The quantitative estimate of drug-likeness (QED) is 0.757. The van der Waals surface area contributed by atoms with E-state index < -0.39 is 0 Å². The second-order valence-electron chi connectivity index (χ2n) is 5.09. The zero-order valence-corrected chi connectivity index (χ0v) is 12.3. The van der Waals surface area contributed by atoms with Crippen molar-refractivity contribution >= 4 is 28.6 Å². The smallest absolute Gasteiger partial charge is 0.353 e. The molecule has 0 aliphatic carbocycles. The van der Waals surface area contributed by atoms with Crippen molar-refractivity contribution in [2.24, 2.45) is 0 Å². The van der Waals surface area contributed by atoms with Crippen LogP contribution in [0.1, 0.15) is 25.3 Å². The molecule has 0 aromatic carbocycles. The number of rotatable bonds is 2. The van der Waals surface area contributed by atoms with Crippen LogP contribution >= 0.6 is 12.2 Å². The molecule has 0 spiro atoms. The number of thiocarbonyl (C=S) groups is 1. The maximum Gasteiger partial charge on any atom is 0.353 e. The van der Waals surface area contributed by atoms with Crippen molar-refractivity contribution in [1.82, 2.24) is 25.0 Å². The van der Waals surface area contributed by atoms with Gasteiger partial charge >= 0.3 is 5.24 Å². The largest absolute Gasteiger partial charge is 0.447 e. The summed E-state index contributed by atoms with van der Waals surface area (Å²) < 4.78 is 19.0. The maximum atomic E-state index is 6.04. The van der Waals surface area contributed by atoms with E-state index >= 15 is 0 Å². The molecule has 8 nitrogen and oxygen atoms in total. The lowest BCUT2D eigenvalue weighted by molar-refractivity contribution is -0.0429. The van der Waals surface area contributed by atoms with E-state index in [1.54, 1.807) is 6.33 Å². The van der Waals surface area contributed by atoms with Crippen molar-refractivity contribution in [2.45, 2.75) is 44.8 Å². The molecule has 21 heavy (non-hydrogen) atoms. The van der Waals surface area contributed by atoms with Crippen molar-refractivity contribution in [2.75, 3.05) is 0 Å². The average molecular weight is 307 g/mol. The Morgan fingerprint density at radius 2 is 2.10 bits per heavy atom. The van der Waals surface area contributed by atoms with E-state index in [1.165, 1.54) is 0 Å². The van der Waals surface area contributed by atoms with Crippen LogP contribution in [-0.2, 0) is 14.2 Å². The van der Waals surface area contributed by atoms with E-state index in [4.69, 9.17) is 26.4 Å². The van der Waals surface area contributed by atoms with Gasteiger partial charge in [0.2, 0.25) is 0 Å². The van der Waals surface area contributed by atoms with E-state index in [9.17, 15) is 0 Å². The number of imidazole rings is 1. The number of hydrogen-bond donors (Lipinski definition) is 0. The second-order valence-corrected chi connectivity index (χ2v) is 5.42. The molecule has 4 heterocycles. The van der Waals surface area contributed by atoms with Gasteiger partial charge in [-0.25, -0.2) is 4.98 Å². The first-order valence-electron chi connectivity index (χ1n) is 6.74. The Morgan fingerprint density at radius 1 is 1.29 bits per heavy atom. The summed E-state index contributed by atoms with van der Waals surface area (Å²) in [4.78, 5) is 4.34. The molecule has 0 bridgehead atoms. The molecule has 2 aliphatic heterocycles. The van der Waals surface area contributed by atoms with Gasteiger partial charge in [-0.3, -0.25) is 4.57 Å². The minimum atomic E-state index is -0.388. The number of ether oxygens (including phenoxy) is 3. The van der Waals surface area contributed by atoms with Crippen LogP contribution in [0.15, 0.2) is 6.33 Å². The molecule has 0 N–H and O–H groups in total. The fourth-order valence-electron chi connectivity index (χ4n) is 2.85. The van der Waals surface area contributed by atoms with Crippen LogP contribution in [-0.4, -0.2) is 48.5 Å². The van der Waals surface area contributed by atoms with E-state index in [0.717, 1.165) is 12.1 Å². The Bertz CT molecular complexity index is 720. The van der Waals surface area contributed by atoms with Crippen LogP contribution in [0.2, 0.25) is 0 Å². The fourth-order valence-corrected chi connectivity index (χ4v) is 3.07. The number of aryl methyl sites for hydroxylation is 1. The zero-order chi connectivity index (χ0) is 14.6. The minimum Gasteiger partial charge on any atom is -0.447 e. The fraction of sp³-hybridized carbons (Fsp3) is 0.583. The van der Waals surface area contributed by atoms with Crippen molar-refractivity contribution in [3.8, 4) is 0 Å². The molecule has 2 aromatic heterocycles. The van der Waals surface area contributed by atoms with Gasteiger partial charge < -0.3 is 14.2 Å². The van der Waals surface area contributed by atoms with E-state index in [1.807, 2.05) is 18.4 Å². The van der Waals surface area contributed by atoms with Crippen LogP contribution in [0.4, 0.5) is 0 Å². The molecular weight excluding hydrogens is 294 g/mol. The predicted molar refractivity (Wildman–Crippen MR) is 74.4 cm³/mol. The summed E-state index contributed by atoms with van der Waals surface area (Å²) in [6.07, 6.45) is 1.52. The third-order valence-corrected chi connectivity index (χ3v) is 4.06. The molecule has 0 saturated carbocycles. The summed E-state index contributed by atoms with van der Waals surface area (Å²) in [5.74, 6) is 0. The second kappa shape index (κ2) is 4.57. The molecule has 4 atom stereocenters. The van der Waals surface area contributed by atoms with Gasteiger partial charge in [-0.05, 0) is 18.6 Å². The van der Waals surface area contributed by atoms with Crippen LogP contribution < -0.4 is 0 Å². The monoisotopic (exact) mass is 307 g/mol. The molecule has 4 rings (SSSR count). The minimum absolute atomic E-state index is 0.0752. The highest BCUT2D eigenvalue weighted by molar-refractivity contribution is 7.79. The van der Waals surface area contributed by atoms with E-state index in [0.29, 0.717) is 11.2 Å². The van der Waals surface area contributed by atoms with E-state index in [2.05, 4.69) is 20.4 Å². The van der Waals surface area contributed by atoms with Gasteiger partial charge in [0.15, 0.2) is 24.1 Å². The summed E-state index contributed by atoms with van der Waals surface area (Å²) in [5, 5.41) is 11.9. The third kappa shape index (κ3) is 1.80. The SMILES string of the molecule is CC[C@H]1O[C@@H](n2cnc3c(C)nnnc32)[C@@H]2OC(=S)O[C@@H]21. The van der Waals surface area contributed by atoms with Gasteiger partial charge in [0.25, 0.3) is 0 Å². The predicted octanol–water partition coefficient (Wildman–Crippen LogP) is 0.906. The van der Waals surface area contributed by atoms with Crippen LogP contribution in [0, 0.1) is 6.92 Å². The molecule has 0 amide bonds. The van der Waals surface area contributed by atoms with Crippen LogP contribution in [0.25, 0.3) is 11.2 Å². The molecule has 2 fully saturated rings. The first kappa shape index (κ1) is 12.8.